The van der Waals surface area contributed by atoms with Crippen molar-refractivity contribution in [3.05, 3.63) is 64.2 Å². The molecule has 0 amide bonds. The second-order valence-corrected chi connectivity index (χ2v) is 4.97. The summed E-state index contributed by atoms with van der Waals surface area (Å²) in [7, 11) is 0. The van der Waals surface area contributed by atoms with Crippen LogP contribution < -0.4 is 4.74 Å². The van der Waals surface area contributed by atoms with E-state index in [9.17, 15) is 4.79 Å². The van der Waals surface area contributed by atoms with Gasteiger partial charge in [-0.1, -0.05) is 41.9 Å². The Bertz CT molecular complexity index is 623. The highest BCUT2D eigenvalue weighted by Crippen LogP contribution is 2.24. The monoisotopic (exact) mass is 290 g/mol. The minimum absolute atomic E-state index is 0.00589. The lowest BCUT2D eigenvalue weighted by molar-refractivity contribution is -0.136. The Balaban J connectivity index is 2.14. The summed E-state index contributed by atoms with van der Waals surface area (Å²) in [6, 6.07) is 12.8. The Hall–Kier alpha value is -2.00. The van der Waals surface area contributed by atoms with Crippen LogP contribution in [0.5, 0.6) is 5.75 Å². The number of aliphatic carboxylic acids is 1. The van der Waals surface area contributed by atoms with Gasteiger partial charge in [-0.3, -0.25) is 4.79 Å². The van der Waals surface area contributed by atoms with Crippen LogP contribution >= 0.6 is 11.6 Å². The van der Waals surface area contributed by atoms with Crippen LogP contribution in [0.4, 0.5) is 0 Å². The van der Waals surface area contributed by atoms with Crippen molar-refractivity contribution in [2.75, 3.05) is 0 Å². The molecule has 104 valence electrons. The number of halogens is 1. The molecule has 0 saturated carbocycles. The molecule has 0 atom stereocenters. The van der Waals surface area contributed by atoms with E-state index in [1.807, 2.05) is 37.3 Å². The summed E-state index contributed by atoms with van der Waals surface area (Å²) < 4.78 is 5.75. The molecule has 0 aliphatic carbocycles. The standard InChI is InChI=1S/C16H15ClO3/c1-11-6-7-14(17)9-15(11)20-10-13-5-3-2-4-12(13)8-16(18)19/h2-7,9H,8,10H2,1H3,(H,18,19). The van der Waals surface area contributed by atoms with Gasteiger partial charge in [-0.25, -0.2) is 0 Å². The summed E-state index contributed by atoms with van der Waals surface area (Å²) in [6.45, 7) is 2.26. The SMILES string of the molecule is Cc1ccc(Cl)cc1OCc1ccccc1CC(=O)O. The van der Waals surface area contributed by atoms with E-state index in [0.29, 0.717) is 17.4 Å². The Morgan fingerprint density at radius 2 is 1.90 bits per heavy atom. The predicted octanol–water partition coefficient (Wildman–Crippen LogP) is 3.85. The topological polar surface area (TPSA) is 46.5 Å². The van der Waals surface area contributed by atoms with Crippen molar-refractivity contribution in [1.82, 2.24) is 0 Å². The molecule has 0 bridgehead atoms. The summed E-state index contributed by atoms with van der Waals surface area (Å²) in [5, 5.41) is 9.51. The van der Waals surface area contributed by atoms with E-state index in [0.717, 1.165) is 16.7 Å². The average molecular weight is 291 g/mol. The van der Waals surface area contributed by atoms with Crippen LogP contribution in [0, 0.1) is 6.92 Å². The maximum atomic E-state index is 10.8. The second kappa shape index (κ2) is 6.44. The van der Waals surface area contributed by atoms with Crippen molar-refractivity contribution in [2.45, 2.75) is 20.0 Å². The Morgan fingerprint density at radius 1 is 1.20 bits per heavy atom. The fraction of sp³-hybridized carbons (Fsp3) is 0.188. The molecule has 0 radical (unpaired) electrons. The fourth-order valence-corrected chi connectivity index (χ4v) is 2.08. The lowest BCUT2D eigenvalue weighted by Crippen LogP contribution is -2.06. The lowest BCUT2D eigenvalue weighted by atomic mass is 10.1. The maximum absolute atomic E-state index is 10.8. The molecule has 2 rings (SSSR count). The van der Waals surface area contributed by atoms with E-state index in [-0.39, 0.29) is 6.42 Å². The molecular weight excluding hydrogens is 276 g/mol. The first kappa shape index (κ1) is 14.4. The zero-order valence-corrected chi connectivity index (χ0v) is 11.9. The highest BCUT2D eigenvalue weighted by atomic mass is 35.5. The molecule has 0 unspecified atom stereocenters. The molecule has 0 saturated heterocycles. The first-order valence-corrected chi connectivity index (χ1v) is 6.61. The Labute approximate surface area is 122 Å². The van der Waals surface area contributed by atoms with E-state index in [2.05, 4.69) is 0 Å². The van der Waals surface area contributed by atoms with Crippen LogP contribution in [0.2, 0.25) is 5.02 Å². The number of hydrogen-bond donors (Lipinski definition) is 1. The van der Waals surface area contributed by atoms with Gasteiger partial charge < -0.3 is 9.84 Å². The number of carbonyl (C=O) groups is 1. The van der Waals surface area contributed by atoms with Crippen molar-refractivity contribution in [1.29, 1.82) is 0 Å². The molecule has 1 N–H and O–H groups in total. The summed E-state index contributed by atoms with van der Waals surface area (Å²) in [5.41, 5.74) is 2.62. The van der Waals surface area contributed by atoms with Crippen molar-refractivity contribution in [3.8, 4) is 5.75 Å². The van der Waals surface area contributed by atoms with Crippen molar-refractivity contribution < 1.29 is 14.6 Å². The molecule has 0 spiro atoms. The predicted molar refractivity (Wildman–Crippen MR) is 78.3 cm³/mol. The molecular formula is C16H15ClO3. The smallest absolute Gasteiger partial charge is 0.307 e. The number of benzene rings is 2. The van der Waals surface area contributed by atoms with Gasteiger partial charge in [0.05, 0.1) is 6.42 Å². The Kier molecular flexibility index (Phi) is 4.64. The first-order valence-electron chi connectivity index (χ1n) is 6.24. The largest absolute Gasteiger partial charge is 0.489 e. The summed E-state index contributed by atoms with van der Waals surface area (Å²) in [4.78, 5) is 10.8. The minimum atomic E-state index is -0.851. The molecule has 0 aliphatic rings. The van der Waals surface area contributed by atoms with Gasteiger partial charge in [0.25, 0.3) is 0 Å². The fourth-order valence-electron chi connectivity index (χ4n) is 1.92. The number of carboxylic acid groups (broad SMARTS) is 1. The van der Waals surface area contributed by atoms with Crippen LogP contribution in [0.1, 0.15) is 16.7 Å². The molecule has 4 heteroatoms. The third-order valence-corrected chi connectivity index (χ3v) is 3.23. The molecule has 3 nitrogen and oxygen atoms in total. The quantitative estimate of drug-likeness (QED) is 0.909. The van der Waals surface area contributed by atoms with Crippen molar-refractivity contribution in [2.24, 2.45) is 0 Å². The number of aryl methyl sites for hydroxylation is 1. The zero-order chi connectivity index (χ0) is 14.5. The highest BCUT2D eigenvalue weighted by molar-refractivity contribution is 6.30. The third-order valence-electron chi connectivity index (χ3n) is 2.99. The molecule has 0 fully saturated rings. The molecule has 0 aromatic heterocycles. The van der Waals surface area contributed by atoms with Crippen LogP contribution in [0.25, 0.3) is 0 Å². The van der Waals surface area contributed by atoms with Gasteiger partial charge in [-0.15, -0.1) is 0 Å². The second-order valence-electron chi connectivity index (χ2n) is 4.54. The number of hydrogen-bond acceptors (Lipinski definition) is 2. The van der Waals surface area contributed by atoms with E-state index in [1.54, 1.807) is 12.1 Å². The van der Waals surface area contributed by atoms with E-state index < -0.39 is 5.97 Å². The van der Waals surface area contributed by atoms with E-state index in [4.69, 9.17) is 21.4 Å². The van der Waals surface area contributed by atoms with Crippen LogP contribution in [-0.4, -0.2) is 11.1 Å². The zero-order valence-electron chi connectivity index (χ0n) is 11.1. The van der Waals surface area contributed by atoms with E-state index in [1.165, 1.54) is 0 Å². The van der Waals surface area contributed by atoms with Crippen LogP contribution in [0.15, 0.2) is 42.5 Å². The molecule has 0 aliphatic heterocycles. The third kappa shape index (κ3) is 3.75. The van der Waals surface area contributed by atoms with Crippen LogP contribution in [0.3, 0.4) is 0 Å². The summed E-state index contributed by atoms with van der Waals surface area (Å²) >= 11 is 5.94. The molecule has 0 heterocycles. The highest BCUT2D eigenvalue weighted by Gasteiger charge is 2.08. The van der Waals surface area contributed by atoms with Crippen molar-refractivity contribution >= 4 is 17.6 Å². The summed E-state index contributed by atoms with van der Waals surface area (Å²) in [6.07, 6.45) is -0.00589. The van der Waals surface area contributed by atoms with Gasteiger partial charge in [0.15, 0.2) is 0 Å². The van der Waals surface area contributed by atoms with Crippen LogP contribution in [-0.2, 0) is 17.8 Å². The number of rotatable bonds is 5. The van der Waals surface area contributed by atoms with Gasteiger partial charge in [0, 0.05) is 5.02 Å². The minimum Gasteiger partial charge on any atom is -0.489 e. The van der Waals surface area contributed by atoms with Gasteiger partial charge >= 0.3 is 5.97 Å². The molecule has 2 aromatic rings. The van der Waals surface area contributed by atoms with E-state index >= 15 is 0 Å². The lowest BCUT2D eigenvalue weighted by Gasteiger charge is -2.12. The van der Waals surface area contributed by atoms with Gasteiger partial charge in [-0.2, -0.15) is 0 Å². The molecule has 20 heavy (non-hydrogen) atoms. The van der Waals surface area contributed by atoms with Gasteiger partial charge in [-0.05, 0) is 35.7 Å². The Morgan fingerprint density at radius 3 is 2.60 bits per heavy atom. The molecule has 2 aromatic carbocycles. The van der Waals surface area contributed by atoms with Gasteiger partial charge in [0.2, 0.25) is 0 Å². The number of ether oxygens (including phenoxy) is 1. The average Bonchev–Trinajstić information content (AvgIpc) is 2.41. The number of carboxylic acids is 1. The normalized spacial score (nSPS) is 10.3. The van der Waals surface area contributed by atoms with Gasteiger partial charge in [0.1, 0.15) is 12.4 Å². The first-order chi connectivity index (χ1) is 9.56. The van der Waals surface area contributed by atoms with Crippen molar-refractivity contribution in [3.63, 3.8) is 0 Å². The summed E-state index contributed by atoms with van der Waals surface area (Å²) in [5.74, 6) is -0.140. The maximum Gasteiger partial charge on any atom is 0.307 e.